The van der Waals surface area contributed by atoms with Crippen molar-refractivity contribution in [3.05, 3.63) is 247 Å². The molecule has 1 heterocycles. The van der Waals surface area contributed by atoms with E-state index in [0.29, 0.717) is 0 Å². The molecule has 10 aromatic carbocycles. The van der Waals surface area contributed by atoms with Crippen molar-refractivity contribution in [1.82, 2.24) is 0 Å². The SMILES string of the molecule is c1ccc(-c2ccccc2N(c2ccc3c(c2)C2(c4ccccc4-c4ccccc42)c2ccccc2-3)c2cccc3c2oc2c(-c4ccccc4)c4ccccc4cc23)cc1. The third-order valence-electron chi connectivity index (χ3n) is 13.3. The molecule has 2 aliphatic carbocycles. The molecule has 0 amide bonds. The van der Waals surface area contributed by atoms with Crippen LogP contribution in [0.5, 0.6) is 0 Å². The Labute approximate surface area is 354 Å². The molecular formula is C59H37NO. The van der Waals surface area contributed by atoms with E-state index >= 15 is 0 Å². The van der Waals surface area contributed by atoms with Gasteiger partial charge in [-0.3, -0.25) is 0 Å². The van der Waals surface area contributed by atoms with Crippen LogP contribution in [-0.2, 0) is 5.41 Å². The smallest absolute Gasteiger partial charge is 0.159 e. The predicted octanol–water partition coefficient (Wildman–Crippen LogP) is 15.9. The van der Waals surface area contributed by atoms with Crippen molar-refractivity contribution in [2.24, 2.45) is 0 Å². The quantitative estimate of drug-likeness (QED) is 0.173. The summed E-state index contributed by atoms with van der Waals surface area (Å²) in [7, 11) is 0. The molecule has 284 valence electrons. The lowest BCUT2D eigenvalue weighted by Crippen LogP contribution is -2.26. The number of para-hydroxylation sites is 2. The van der Waals surface area contributed by atoms with E-state index in [0.717, 1.165) is 61.3 Å². The fourth-order valence-corrected chi connectivity index (χ4v) is 10.8. The zero-order valence-electron chi connectivity index (χ0n) is 33.2. The second-order valence-electron chi connectivity index (χ2n) is 16.3. The van der Waals surface area contributed by atoms with E-state index in [1.165, 1.54) is 55.3 Å². The third kappa shape index (κ3) is 4.73. The van der Waals surface area contributed by atoms with E-state index in [-0.39, 0.29) is 0 Å². The van der Waals surface area contributed by atoms with Gasteiger partial charge in [-0.1, -0.05) is 194 Å². The first-order valence-electron chi connectivity index (χ1n) is 21.1. The van der Waals surface area contributed by atoms with Crippen LogP contribution in [0.25, 0.3) is 77.2 Å². The number of hydrogen-bond acceptors (Lipinski definition) is 2. The Balaban J connectivity index is 1.13. The molecule has 0 unspecified atom stereocenters. The van der Waals surface area contributed by atoms with E-state index < -0.39 is 5.41 Å². The van der Waals surface area contributed by atoms with Crippen LogP contribution in [0.1, 0.15) is 22.3 Å². The monoisotopic (exact) mass is 775 g/mol. The van der Waals surface area contributed by atoms with Crippen molar-refractivity contribution >= 4 is 49.8 Å². The molecule has 0 bridgehead atoms. The summed E-state index contributed by atoms with van der Waals surface area (Å²) in [6, 6.07) is 82.1. The molecule has 0 N–H and O–H groups in total. The van der Waals surface area contributed by atoms with Crippen LogP contribution in [0.15, 0.2) is 229 Å². The average molecular weight is 776 g/mol. The lowest BCUT2D eigenvalue weighted by Gasteiger charge is -2.32. The highest BCUT2D eigenvalue weighted by Gasteiger charge is 2.51. The van der Waals surface area contributed by atoms with Gasteiger partial charge >= 0.3 is 0 Å². The van der Waals surface area contributed by atoms with Crippen LogP contribution >= 0.6 is 0 Å². The number of nitrogens with zero attached hydrogens (tertiary/aromatic N) is 1. The second-order valence-corrected chi connectivity index (χ2v) is 16.3. The molecule has 0 aliphatic heterocycles. The lowest BCUT2D eigenvalue weighted by atomic mass is 9.70. The highest BCUT2D eigenvalue weighted by atomic mass is 16.3. The van der Waals surface area contributed by atoms with Crippen LogP contribution in [0.3, 0.4) is 0 Å². The molecule has 1 spiro atoms. The summed E-state index contributed by atoms with van der Waals surface area (Å²) in [6.45, 7) is 0. The zero-order chi connectivity index (χ0) is 40.1. The van der Waals surface area contributed by atoms with Gasteiger partial charge < -0.3 is 9.32 Å². The van der Waals surface area contributed by atoms with Crippen LogP contribution < -0.4 is 4.90 Å². The fourth-order valence-electron chi connectivity index (χ4n) is 10.8. The maximum absolute atomic E-state index is 7.33. The Bertz CT molecular complexity index is 3480. The van der Waals surface area contributed by atoms with Crippen LogP contribution in [0, 0.1) is 0 Å². The molecule has 2 heteroatoms. The van der Waals surface area contributed by atoms with Gasteiger partial charge in [-0.25, -0.2) is 0 Å². The first kappa shape index (κ1) is 34.0. The van der Waals surface area contributed by atoms with Crippen molar-refractivity contribution in [2.45, 2.75) is 5.41 Å². The second kappa shape index (κ2) is 13.0. The molecule has 13 rings (SSSR count). The minimum Gasteiger partial charge on any atom is -0.453 e. The topological polar surface area (TPSA) is 16.4 Å². The van der Waals surface area contributed by atoms with Crippen molar-refractivity contribution in [1.29, 1.82) is 0 Å². The standard InChI is InChI=1S/C59H37NO/c1-3-18-38(19-4-1)42-23-12-16-32-54(42)60(55-33-17-28-48-49-36-40-22-7-8-24-43(40)56(58(49)61-57(48)55)39-20-5-2-6-21-39)41-34-35-47-46-27-11-15-31-52(46)59(53(47)37-41)50-29-13-9-25-44(50)45-26-10-14-30-51(45)59/h1-37H. The Kier molecular flexibility index (Phi) is 7.26. The van der Waals surface area contributed by atoms with Gasteiger partial charge in [-0.05, 0) is 96.7 Å². The van der Waals surface area contributed by atoms with Crippen LogP contribution in [0.2, 0.25) is 0 Å². The molecule has 0 saturated carbocycles. The van der Waals surface area contributed by atoms with Gasteiger partial charge in [-0.2, -0.15) is 0 Å². The van der Waals surface area contributed by atoms with Crippen molar-refractivity contribution in [3.8, 4) is 44.5 Å². The van der Waals surface area contributed by atoms with Gasteiger partial charge in [-0.15, -0.1) is 0 Å². The normalized spacial score (nSPS) is 13.0. The maximum Gasteiger partial charge on any atom is 0.159 e. The number of hydrogen-bond donors (Lipinski definition) is 0. The highest BCUT2D eigenvalue weighted by molar-refractivity contribution is 6.20. The summed E-state index contributed by atoms with van der Waals surface area (Å²) < 4.78 is 7.33. The number of anilines is 3. The largest absolute Gasteiger partial charge is 0.453 e. The Hall–Kier alpha value is -7.94. The minimum absolute atomic E-state index is 0.476. The molecule has 0 radical (unpaired) electrons. The Morgan fingerprint density at radius 2 is 0.852 bits per heavy atom. The van der Waals surface area contributed by atoms with E-state index in [2.05, 4.69) is 229 Å². The molecule has 0 saturated heterocycles. The van der Waals surface area contributed by atoms with Crippen molar-refractivity contribution in [2.75, 3.05) is 4.90 Å². The summed E-state index contributed by atoms with van der Waals surface area (Å²) in [5.41, 5.74) is 19.4. The van der Waals surface area contributed by atoms with Gasteiger partial charge in [0.25, 0.3) is 0 Å². The van der Waals surface area contributed by atoms with E-state index in [4.69, 9.17) is 4.42 Å². The highest BCUT2D eigenvalue weighted by Crippen LogP contribution is 2.63. The summed E-state index contributed by atoms with van der Waals surface area (Å²) in [5.74, 6) is 0. The third-order valence-corrected chi connectivity index (χ3v) is 13.3. The molecule has 2 aliphatic rings. The number of furan rings is 1. The fraction of sp³-hybridized carbons (Fsp3) is 0.0169. The van der Waals surface area contributed by atoms with Crippen molar-refractivity contribution in [3.63, 3.8) is 0 Å². The Morgan fingerprint density at radius 3 is 1.54 bits per heavy atom. The number of rotatable bonds is 5. The minimum atomic E-state index is -0.476. The molecule has 2 nitrogen and oxygen atoms in total. The number of fused-ring (bicyclic) bond motifs is 14. The molecule has 0 atom stereocenters. The summed E-state index contributed by atoms with van der Waals surface area (Å²) in [4.78, 5) is 2.44. The average Bonchev–Trinajstić information content (AvgIpc) is 3.96. The molecule has 61 heavy (non-hydrogen) atoms. The first-order valence-corrected chi connectivity index (χ1v) is 21.1. The maximum atomic E-state index is 7.33. The van der Waals surface area contributed by atoms with E-state index in [9.17, 15) is 0 Å². The van der Waals surface area contributed by atoms with Gasteiger partial charge in [0.2, 0.25) is 0 Å². The van der Waals surface area contributed by atoms with Crippen LogP contribution in [0.4, 0.5) is 17.1 Å². The lowest BCUT2D eigenvalue weighted by molar-refractivity contribution is 0.670. The molecular weight excluding hydrogens is 739 g/mol. The number of benzene rings is 10. The summed E-state index contributed by atoms with van der Waals surface area (Å²) in [6.07, 6.45) is 0. The Morgan fingerprint density at radius 1 is 0.328 bits per heavy atom. The zero-order valence-corrected chi connectivity index (χ0v) is 33.2. The first-order chi connectivity index (χ1) is 30.3. The van der Waals surface area contributed by atoms with Gasteiger partial charge in [0, 0.05) is 27.6 Å². The van der Waals surface area contributed by atoms with Gasteiger partial charge in [0.1, 0.15) is 5.58 Å². The van der Waals surface area contributed by atoms with Gasteiger partial charge in [0.05, 0.1) is 16.8 Å². The predicted molar refractivity (Wildman–Crippen MR) is 253 cm³/mol. The molecule has 0 fully saturated rings. The molecule has 11 aromatic rings. The van der Waals surface area contributed by atoms with Gasteiger partial charge in [0.15, 0.2) is 5.58 Å². The van der Waals surface area contributed by atoms with E-state index in [1.54, 1.807) is 0 Å². The van der Waals surface area contributed by atoms with Crippen molar-refractivity contribution < 1.29 is 4.42 Å². The van der Waals surface area contributed by atoms with Crippen LogP contribution in [-0.4, -0.2) is 0 Å². The summed E-state index contributed by atoms with van der Waals surface area (Å²) in [5, 5.41) is 4.55. The van der Waals surface area contributed by atoms with E-state index in [1.807, 2.05) is 0 Å². The summed E-state index contributed by atoms with van der Waals surface area (Å²) >= 11 is 0. The molecule has 1 aromatic heterocycles.